The maximum Gasteiger partial charge on any atom is 0.161 e. The van der Waals surface area contributed by atoms with Crippen molar-refractivity contribution in [3.05, 3.63) is 23.8 Å². The molecular weight excluding hydrogens is 306 g/mol. The van der Waals surface area contributed by atoms with E-state index in [4.69, 9.17) is 9.47 Å². The summed E-state index contributed by atoms with van der Waals surface area (Å²) in [6, 6.07) is 6.19. The summed E-state index contributed by atoms with van der Waals surface area (Å²) < 4.78 is 10.6. The summed E-state index contributed by atoms with van der Waals surface area (Å²) in [5.41, 5.74) is 1.29. The summed E-state index contributed by atoms with van der Waals surface area (Å²) in [6.45, 7) is 3.41. The minimum absolute atomic E-state index is 0.796. The molecule has 0 amide bonds. The summed E-state index contributed by atoms with van der Waals surface area (Å²) in [4.78, 5) is 2.52. The number of benzene rings is 1. The Morgan fingerprint density at radius 2 is 2.05 bits per heavy atom. The minimum Gasteiger partial charge on any atom is -0.493 e. The number of hydrogen-bond acceptors (Lipinski definition) is 3. The quantitative estimate of drug-likeness (QED) is 0.748. The Bertz CT molecular complexity index is 411. The lowest BCUT2D eigenvalue weighted by Crippen LogP contribution is -2.20. The van der Waals surface area contributed by atoms with E-state index >= 15 is 0 Å². The van der Waals surface area contributed by atoms with Crippen LogP contribution in [0.25, 0.3) is 0 Å². The van der Waals surface area contributed by atoms with Gasteiger partial charge in [0.25, 0.3) is 0 Å². The summed E-state index contributed by atoms with van der Waals surface area (Å²) in [5.74, 6) is 2.46. The number of methoxy groups -OCH3 is 2. The number of nitrogens with zero attached hydrogens (tertiary/aromatic N) is 1. The van der Waals surface area contributed by atoms with Crippen molar-refractivity contribution in [3.8, 4) is 11.5 Å². The molecular formula is C15H22BrNO2. The van der Waals surface area contributed by atoms with Gasteiger partial charge in [-0.15, -0.1) is 0 Å². The van der Waals surface area contributed by atoms with Gasteiger partial charge in [0.15, 0.2) is 11.5 Å². The van der Waals surface area contributed by atoms with Crippen molar-refractivity contribution in [2.75, 3.05) is 32.6 Å². The molecule has 1 atom stereocenters. The Morgan fingerprint density at radius 3 is 2.74 bits per heavy atom. The van der Waals surface area contributed by atoms with Gasteiger partial charge in [-0.3, -0.25) is 4.90 Å². The van der Waals surface area contributed by atoms with E-state index < -0.39 is 0 Å². The molecule has 1 aromatic carbocycles. The molecule has 0 spiro atoms. The van der Waals surface area contributed by atoms with Crippen LogP contribution in [0.15, 0.2) is 18.2 Å². The highest BCUT2D eigenvalue weighted by Gasteiger charge is 2.21. The van der Waals surface area contributed by atoms with Gasteiger partial charge in [0.1, 0.15) is 0 Å². The first-order valence-corrected chi connectivity index (χ1v) is 7.88. The van der Waals surface area contributed by atoms with Crippen molar-refractivity contribution >= 4 is 15.9 Å². The average Bonchev–Trinajstić information content (AvgIpc) is 2.86. The first kappa shape index (κ1) is 14.7. The van der Waals surface area contributed by atoms with E-state index in [9.17, 15) is 0 Å². The lowest BCUT2D eigenvalue weighted by molar-refractivity contribution is 0.313. The maximum atomic E-state index is 5.35. The molecule has 0 saturated carbocycles. The highest BCUT2D eigenvalue weighted by atomic mass is 79.9. The van der Waals surface area contributed by atoms with Crippen molar-refractivity contribution < 1.29 is 9.47 Å². The van der Waals surface area contributed by atoms with Crippen LogP contribution in [-0.2, 0) is 6.54 Å². The molecule has 1 aliphatic rings. The molecule has 0 aliphatic carbocycles. The lowest BCUT2D eigenvalue weighted by Gasteiger charge is -2.17. The van der Waals surface area contributed by atoms with Gasteiger partial charge in [-0.25, -0.2) is 0 Å². The number of ether oxygens (including phenoxy) is 2. The zero-order chi connectivity index (χ0) is 13.7. The second-order valence-electron chi connectivity index (χ2n) is 5.06. The fourth-order valence-corrected chi connectivity index (χ4v) is 3.33. The molecule has 1 aliphatic heterocycles. The zero-order valence-corrected chi connectivity index (χ0v) is 13.3. The monoisotopic (exact) mass is 327 g/mol. The van der Waals surface area contributed by atoms with E-state index in [0.29, 0.717) is 0 Å². The van der Waals surface area contributed by atoms with Crippen LogP contribution < -0.4 is 9.47 Å². The minimum atomic E-state index is 0.796. The number of rotatable bonds is 6. The first-order chi connectivity index (χ1) is 9.26. The summed E-state index contributed by atoms with van der Waals surface area (Å²) in [6.07, 6.45) is 2.60. The molecule has 106 valence electrons. The van der Waals surface area contributed by atoms with Gasteiger partial charge >= 0.3 is 0 Å². The molecule has 3 nitrogen and oxygen atoms in total. The van der Waals surface area contributed by atoms with Gasteiger partial charge in [-0.05, 0) is 43.0 Å². The highest BCUT2D eigenvalue weighted by molar-refractivity contribution is 9.09. The average molecular weight is 328 g/mol. The Labute approximate surface area is 124 Å². The van der Waals surface area contributed by atoms with E-state index in [1.165, 1.54) is 31.5 Å². The fourth-order valence-electron chi connectivity index (χ4n) is 2.68. The van der Waals surface area contributed by atoms with E-state index in [1.54, 1.807) is 14.2 Å². The molecule has 1 unspecified atom stereocenters. The fraction of sp³-hybridized carbons (Fsp3) is 0.600. The summed E-state index contributed by atoms with van der Waals surface area (Å²) in [7, 11) is 3.35. The number of alkyl halides is 1. The second kappa shape index (κ2) is 7.15. The summed E-state index contributed by atoms with van der Waals surface area (Å²) in [5, 5.41) is 1.11. The van der Waals surface area contributed by atoms with E-state index in [2.05, 4.69) is 33.0 Å². The second-order valence-corrected chi connectivity index (χ2v) is 5.85. The van der Waals surface area contributed by atoms with Gasteiger partial charge in [-0.2, -0.15) is 0 Å². The van der Waals surface area contributed by atoms with Crippen molar-refractivity contribution in [1.82, 2.24) is 4.90 Å². The molecule has 2 rings (SSSR count). The van der Waals surface area contributed by atoms with Crippen LogP contribution in [0.5, 0.6) is 11.5 Å². The SMILES string of the molecule is COc1ccc(CN2CCC(CCBr)C2)cc1OC. The molecule has 0 radical (unpaired) electrons. The third-order valence-electron chi connectivity index (χ3n) is 3.74. The van der Waals surface area contributed by atoms with Crippen LogP contribution in [0.3, 0.4) is 0 Å². The molecule has 19 heavy (non-hydrogen) atoms. The smallest absolute Gasteiger partial charge is 0.161 e. The standard InChI is InChI=1S/C15H22BrNO2/c1-18-14-4-3-13(9-15(14)19-2)11-17-8-6-12(10-17)5-7-16/h3-4,9,12H,5-8,10-11H2,1-2H3. The van der Waals surface area contributed by atoms with Gasteiger partial charge < -0.3 is 9.47 Å². The largest absolute Gasteiger partial charge is 0.493 e. The normalized spacial score (nSPS) is 19.6. The molecule has 0 bridgehead atoms. The van der Waals surface area contributed by atoms with E-state index in [0.717, 1.165) is 29.3 Å². The molecule has 1 heterocycles. The maximum absolute atomic E-state index is 5.35. The molecule has 1 aromatic rings. The topological polar surface area (TPSA) is 21.7 Å². The summed E-state index contributed by atoms with van der Waals surface area (Å²) >= 11 is 3.53. The third kappa shape index (κ3) is 3.86. The van der Waals surface area contributed by atoms with Crippen molar-refractivity contribution in [1.29, 1.82) is 0 Å². The van der Waals surface area contributed by atoms with Crippen LogP contribution >= 0.6 is 15.9 Å². The van der Waals surface area contributed by atoms with E-state index in [1.807, 2.05) is 6.07 Å². The van der Waals surface area contributed by atoms with E-state index in [-0.39, 0.29) is 0 Å². The molecule has 4 heteroatoms. The Kier molecular flexibility index (Phi) is 5.52. The zero-order valence-electron chi connectivity index (χ0n) is 11.7. The molecule has 1 saturated heterocycles. The van der Waals surface area contributed by atoms with Crippen LogP contribution in [0.4, 0.5) is 0 Å². The Hall–Kier alpha value is -0.740. The Balaban J connectivity index is 1.96. The molecule has 0 aromatic heterocycles. The van der Waals surface area contributed by atoms with Gasteiger partial charge in [0, 0.05) is 18.4 Å². The van der Waals surface area contributed by atoms with Crippen LogP contribution in [0.1, 0.15) is 18.4 Å². The first-order valence-electron chi connectivity index (χ1n) is 6.76. The molecule has 0 N–H and O–H groups in total. The number of halogens is 1. The van der Waals surface area contributed by atoms with Gasteiger partial charge in [0.05, 0.1) is 14.2 Å². The van der Waals surface area contributed by atoms with Gasteiger partial charge in [0.2, 0.25) is 0 Å². The molecule has 1 fully saturated rings. The Morgan fingerprint density at radius 1 is 1.26 bits per heavy atom. The lowest BCUT2D eigenvalue weighted by atomic mass is 10.1. The van der Waals surface area contributed by atoms with Crippen molar-refractivity contribution in [2.45, 2.75) is 19.4 Å². The number of hydrogen-bond donors (Lipinski definition) is 0. The highest BCUT2D eigenvalue weighted by Crippen LogP contribution is 2.29. The van der Waals surface area contributed by atoms with Crippen molar-refractivity contribution in [2.24, 2.45) is 5.92 Å². The van der Waals surface area contributed by atoms with Crippen molar-refractivity contribution in [3.63, 3.8) is 0 Å². The predicted octanol–water partition coefficient (Wildman–Crippen LogP) is 3.31. The van der Waals surface area contributed by atoms with Gasteiger partial charge in [-0.1, -0.05) is 22.0 Å². The predicted molar refractivity (Wildman–Crippen MR) is 81.3 cm³/mol. The third-order valence-corrected chi connectivity index (χ3v) is 4.20. The van der Waals surface area contributed by atoms with Crippen LogP contribution in [-0.4, -0.2) is 37.5 Å². The van der Waals surface area contributed by atoms with Crippen LogP contribution in [0, 0.1) is 5.92 Å². The number of likely N-dealkylation sites (tertiary alicyclic amines) is 1. The van der Waals surface area contributed by atoms with Crippen LogP contribution in [0.2, 0.25) is 0 Å².